The molecule has 4 aromatic carbocycles. The fraction of sp³-hybridized carbons (Fsp3) is 0. The van der Waals surface area contributed by atoms with Gasteiger partial charge in [0.25, 0.3) is 0 Å². The van der Waals surface area contributed by atoms with Gasteiger partial charge in [0.2, 0.25) is 0 Å². The minimum atomic E-state index is -0.788. The zero-order valence-electron chi connectivity index (χ0n) is 17.7. The second-order valence-corrected chi connectivity index (χ2v) is 7.83. The van der Waals surface area contributed by atoms with Crippen molar-refractivity contribution in [2.45, 2.75) is 0 Å². The number of hydrogen-bond donors (Lipinski definition) is 4. The Morgan fingerprint density at radius 3 is 1.47 bits per heavy atom. The van der Waals surface area contributed by atoms with Gasteiger partial charge in [0, 0.05) is 33.6 Å². The smallest absolute Gasteiger partial charge is 0.314 e. The summed E-state index contributed by atoms with van der Waals surface area (Å²) in [4.78, 5) is 36.1. The van der Waals surface area contributed by atoms with Crippen LogP contribution in [0.5, 0.6) is 11.5 Å². The molecule has 8 heteroatoms. The molecule has 6 rings (SSSR count). The SMILES string of the molecule is O=C(Nc1ccc2c(c1)NOc1ccccc1-2)C(=O)Nc1ccc2c(c1)NOc1ccccc1-2. The highest BCUT2D eigenvalue weighted by molar-refractivity contribution is 6.43. The fourth-order valence-electron chi connectivity index (χ4n) is 4.03. The van der Waals surface area contributed by atoms with Gasteiger partial charge in [-0.25, -0.2) is 11.0 Å². The molecule has 2 amide bonds. The molecule has 0 atom stereocenters. The predicted molar refractivity (Wildman–Crippen MR) is 130 cm³/mol. The van der Waals surface area contributed by atoms with Crippen molar-refractivity contribution in [1.29, 1.82) is 0 Å². The molecular formula is C26H18N4O4. The molecule has 2 aliphatic rings. The highest BCUT2D eigenvalue weighted by Gasteiger charge is 2.21. The van der Waals surface area contributed by atoms with Gasteiger partial charge in [-0.2, -0.15) is 0 Å². The van der Waals surface area contributed by atoms with E-state index in [9.17, 15) is 9.59 Å². The second kappa shape index (κ2) is 7.86. The average molecular weight is 450 g/mol. The molecule has 8 nitrogen and oxygen atoms in total. The number of carbonyl (C=O) groups excluding carboxylic acids is 2. The Morgan fingerprint density at radius 2 is 1.00 bits per heavy atom. The normalized spacial score (nSPS) is 12.1. The summed E-state index contributed by atoms with van der Waals surface area (Å²) < 4.78 is 0. The van der Waals surface area contributed by atoms with E-state index in [4.69, 9.17) is 9.68 Å². The van der Waals surface area contributed by atoms with Gasteiger partial charge in [-0.1, -0.05) is 36.4 Å². The summed E-state index contributed by atoms with van der Waals surface area (Å²) in [5.41, 5.74) is 11.8. The first-order valence-corrected chi connectivity index (χ1v) is 10.6. The maximum Gasteiger partial charge on any atom is 0.314 e. The molecule has 166 valence electrons. The first kappa shape index (κ1) is 19.7. The van der Waals surface area contributed by atoms with E-state index in [0.29, 0.717) is 22.7 Å². The number of fused-ring (bicyclic) bond motifs is 6. The largest absolute Gasteiger partial charge is 0.381 e. The minimum absolute atomic E-state index is 0.464. The Kier molecular flexibility index (Phi) is 4.55. The average Bonchev–Trinajstić information content (AvgIpc) is 2.88. The first-order valence-electron chi connectivity index (χ1n) is 10.6. The lowest BCUT2D eigenvalue weighted by Gasteiger charge is -2.22. The Labute approximate surface area is 194 Å². The standard InChI is InChI=1S/C26H18N4O4/c31-25(27-15-9-11-17-19-5-1-3-7-23(19)33-29-21(17)13-15)26(32)28-16-10-12-18-20-6-2-4-8-24(20)34-30-22(18)14-16/h1-14,29-30H,(H,27,31)(H,28,32). The van der Waals surface area contributed by atoms with Gasteiger partial charge in [-0.3, -0.25) is 9.59 Å². The minimum Gasteiger partial charge on any atom is -0.381 e. The zero-order valence-corrected chi connectivity index (χ0v) is 17.7. The molecule has 4 aromatic rings. The van der Waals surface area contributed by atoms with Crippen molar-refractivity contribution in [2.24, 2.45) is 0 Å². The number of benzene rings is 4. The third kappa shape index (κ3) is 3.43. The first-order chi connectivity index (χ1) is 16.7. The van der Waals surface area contributed by atoms with E-state index in [0.717, 1.165) is 33.8 Å². The molecule has 0 fully saturated rings. The van der Waals surface area contributed by atoms with Crippen molar-refractivity contribution in [1.82, 2.24) is 0 Å². The van der Waals surface area contributed by atoms with Crippen LogP contribution in [0, 0.1) is 0 Å². The van der Waals surface area contributed by atoms with E-state index in [2.05, 4.69) is 21.6 Å². The highest BCUT2D eigenvalue weighted by Crippen LogP contribution is 2.41. The van der Waals surface area contributed by atoms with Crippen LogP contribution >= 0.6 is 0 Å². The summed E-state index contributed by atoms with van der Waals surface area (Å²) in [6, 6.07) is 25.9. The van der Waals surface area contributed by atoms with Crippen LogP contribution in [0.2, 0.25) is 0 Å². The van der Waals surface area contributed by atoms with Crippen LogP contribution in [0.1, 0.15) is 0 Å². The molecule has 34 heavy (non-hydrogen) atoms. The number of rotatable bonds is 2. The van der Waals surface area contributed by atoms with Crippen LogP contribution in [0.25, 0.3) is 22.3 Å². The van der Waals surface area contributed by atoms with E-state index >= 15 is 0 Å². The van der Waals surface area contributed by atoms with Crippen molar-refractivity contribution in [3.63, 3.8) is 0 Å². The monoisotopic (exact) mass is 450 g/mol. The Balaban J connectivity index is 1.16. The molecule has 2 heterocycles. The molecule has 0 saturated heterocycles. The van der Waals surface area contributed by atoms with Crippen molar-refractivity contribution in [2.75, 3.05) is 21.6 Å². The van der Waals surface area contributed by atoms with Gasteiger partial charge < -0.3 is 20.3 Å². The van der Waals surface area contributed by atoms with Crippen molar-refractivity contribution in [3.05, 3.63) is 84.9 Å². The van der Waals surface area contributed by atoms with Gasteiger partial charge >= 0.3 is 11.8 Å². The van der Waals surface area contributed by atoms with Gasteiger partial charge in [-0.05, 0) is 48.5 Å². The molecule has 0 unspecified atom stereocenters. The van der Waals surface area contributed by atoms with Crippen LogP contribution < -0.4 is 31.3 Å². The second-order valence-electron chi connectivity index (χ2n) is 7.83. The van der Waals surface area contributed by atoms with Crippen molar-refractivity contribution >= 4 is 34.6 Å². The maximum absolute atomic E-state index is 12.5. The quantitative estimate of drug-likeness (QED) is 0.320. The summed E-state index contributed by atoms with van der Waals surface area (Å²) in [5, 5.41) is 5.25. The number of nitrogens with one attached hydrogen (secondary N) is 4. The Morgan fingerprint density at radius 1 is 0.559 bits per heavy atom. The number of para-hydroxylation sites is 2. The lowest BCUT2D eigenvalue weighted by Crippen LogP contribution is -2.29. The van der Waals surface area contributed by atoms with Gasteiger partial charge in [0.15, 0.2) is 11.5 Å². The Bertz CT molecular complexity index is 1360. The zero-order chi connectivity index (χ0) is 23.1. The van der Waals surface area contributed by atoms with Crippen LogP contribution in [-0.4, -0.2) is 11.8 Å². The molecule has 0 saturated carbocycles. The summed E-state index contributed by atoms with van der Waals surface area (Å²) in [7, 11) is 0. The van der Waals surface area contributed by atoms with Crippen LogP contribution in [-0.2, 0) is 9.59 Å². The van der Waals surface area contributed by atoms with Gasteiger partial charge in [-0.15, -0.1) is 0 Å². The summed E-state index contributed by atoms with van der Waals surface area (Å²) in [5.74, 6) is -0.132. The van der Waals surface area contributed by atoms with Crippen LogP contribution in [0.4, 0.5) is 22.7 Å². The third-order valence-electron chi connectivity index (χ3n) is 5.66. The fourth-order valence-corrected chi connectivity index (χ4v) is 4.03. The molecule has 0 aliphatic carbocycles. The third-order valence-corrected chi connectivity index (χ3v) is 5.66. The predicted octanol–water partition coefficient (Wildman–Crippen LogP) is 5.04. The number of hydrogen-bond acceptors (Lipinski definition) is 6. The van der Waals surface area contributed by atoms with E-state index < -0.39 is 11.8 Å². The molecule has 0 aromatic heterocycles. The molecule has 0 radical (unpaired) electrons. The van der Waals surface area contributed by atoms with Crippen LogP contribution in [0.15, 0.2) is 84.9 Å². The molecule has 4 N–H and O–H groups in total. The topological polar surface area (TPSA) is 101 Å². The lowest BCUT2D eigenvalue weighted by molar-refractivity contribution is -0.132. The van der Waals surface area contributed by atoms with Gasteiger partial charge in [0.05, 0.1) is 11.4 Å². The lowest BCUT2D eigenvalue weighted by atomic mass is 10.0. The van der Waals surface area contributed by atoms with Crippen molar-refractivity contribution in [3.8, 4) is 33.8 Å². The van der Waals surface area contributed by atoms with E-state index in [1.807, 2.05) is 60.7 Å². The number of carbonyl (C=O) groups is 2. The Hall–Kier alpha value is -4.98. The van der Waals surface area contributed by atoms with E-state index in [1.165, 1.54) is 0 Å². The summed E-state index contributed by atoms with van der Waals surface area (Å²) >= 11 is 0. The summed E-state index contributed by atoms with van der Waals surface area (Å²) in [6.45, 7) is 0. The van der Waals surface area contributed by atoms with E-state index in [-0.39, 0.29) is 0 Å². The highest BCUT2D eigenvalue weighted by atomic mass is 16.7. The molecule has 0 spiro atoms. The van der Waals surface area contributed by atoms with Crippen molar-refractivity contribution < 1.29 is 19.3 Å². The molecule has 0 bridgehead atoms. The number of amides is 2. The summed E-state index contributed by atoms with van der Waals surface area (Å²) in [6.07, 6.45) is 0. The van der Waals surface area contributed by atoms with E-state index in [1.54, 1.807) is 24.3 Å². The number of anilines is 4. The molecule has 2 aliphatic heterocycles. The molecular weight excluding hydrogens is 432 g/mol. The van der Waals surface area contributed by atoms with Crippen LogP contribution in [0.3, 0.4) is 0 Å². The maximum atomic E-state index is 12.5. The van der Waals surface area contributed by atoms with Gasteiger partial charge in [0.1, 0.15) is 0 Å².